The van der Waals surface area contributed by atoms with E-state index in [-0.39, 0.29) is 0 Å². The molecule has 0 amide bonds. The molecule has 0 aliphatic carbocycles. The molecule has 0 aromatic rings. The minimum atomic E-state index is 0.382. The fraction of sp³-hybridized carbons (Fsp3) is 1.00. The van der Waals surface area contributed by atoms with E-state index >= 15 is 0 Å². The maximum Gasteiger partial charge on any atom is 0.00719 e. The SMILES string of the molecule is CCC(C)(CNC(C)C)CN(C)C(C)CCSC. The molecule has 0 aromatic carbocycles. The molecule has 110 valence electrons. The van der Waals surface area contributed by atoms with Crippen LogP contribution in [0.4, 0.5) is 0 Å². The van der Waals surface area contributed by atoms with E-state index < -0.39 is 0 Å². The molecule has 0 fully saturated rings. The summed E-state index contributed by atoms with van der Waals surface area (Å²) >= 11 is 1.95. The van der Waals surface area contributed by atoms with Crippen molar-refractivity contribution in [1.29, 1.82) is 0 Å². The molecule has 0 radical (unpaired) electrons. The van der Waals surface area contributed by atoms with Crippen LogP contribution in [0.2, 0.25) is 0 Å². The van der Waals surface area contributed by atoms with Crippen molar-refractivity contribution >= 4 is 11.8 Å². The molecular formula is C15H34N2S. The summed E-state index contributed by atoms with van der Waals surface area (Å²) in [4.78, 5) is 2.53. The van der Waals surface area contributed by atoms with Crippen LogP contribution >= 0.6 is 11.8 Å². The zero-order valence-electron chi connectivity index (χ0n) is 13.5. The number of nitrogens with one attached hydrogen (secondary N) is 1. The van der Waals surface area contributed by atoms with E-state index in [2.05, 4.69) is 58.1 Å². The number of hydrogen-bond donors (Lipinski definition) is 1. The van der Waals surface area contributed by atoms with Crippen molar-refractivity contribution < 1.29 is 0 Å². The van der Waals surface area contributed by atoms with E-state index in [9.17, 15) is 0 Å². The van der Waals surface area contributed by atoms with Gasteiger partial charge in [0.2, 0.25) is 0 Å². The third kappa shape index (κ3) is 7.65. The van der Waals surface area contributed by atoms with Crippen LogP contribution in [-0.2, 0) is 0 Å². The third-order valence-electron chi connectivity index (χ3n) is 3.91. The Morgan fingerprint density at radius 1 is 1.28 bits per heavy atom. The highest BCUT2D eigenvalue weighted by Gasteiger charge is 2.25. The monoisotopic (exact) mass is 274 g/mol. The summed E-state index contributed by atoms with van der Waals surface area (Å²) in [6.45, 7) is 13.8. The van der Waals surface area contributed by atoms with Crippen molar-refractivity contribution in [2.24, 2.45) is 5.41 Å². The first-order valence-corrected chi connectivity index (χ1v) is 8.66. The molecular weight excluding hydrogens is 240 g/mol. The van der Waals surface area contributed by atoms with Gasteiger partial charge in [0.25, 0.3) is 0 Å². The normalized spacial score (nSPS) is 17.2. The van der Waals surface area contributed by atoms with Gasteiger partial charge in [0, 0.05) is 25.2 Å². The average Bonchev–Trinajstić information content (AvgIpc) is 2.33. The molecule has 2 nitrogen and oxygen atoms in total. The van der Waals surface area contributed by atoms with Crippen molar-refractivity contribution in [3.8, 4) is 0 Å². The second-order valence-corrected chi connectivity index (χ2v) is 7.23. The second kappa shape index (κ2) is 9.22. The largest absolute Gasteiger partial charge is 0.314 e. The van der Waals surface area contributed by atoms with E-state index in [4.69, 9.17) is 0 Å². The molecule has 2 unspecified atom stereocenters. The quantitative estimate of drug-likeness (QED) is 0.656. The smallest absolute Gasteiger partial charge is 0.00719 e. The van der Waals surface area contributed by atoms with Gasteiger partial charge < -0.3 is 10.2 Å². The lowest BCUT2D eigenvalue weighted by atomic mass is 9.86. The van der Waals surface area contributed by atoms with Crippen molar-refractivity contribution in [2.75, 3.05) is 32.1 Å². The lowest BCUT2D eigenvalue weighted by Crippen LogP contribution is -2.45. The van der Waals surface area contributed by atoms with Gasteiger partial charge >= 0.3 is 0 Å². The molecule has 2 atom stereocenters. The fourth-order valence-electron chi connectivity index (χ4n) is 2.01. The van der Waals surface area contributed by atoms with Gasteiger partial charge in [0.1, 0.15) is 0 Å². The van der Waals surface area contributed by atoms with Crippen LogP contribution in [0.15, 0.2) is 0 Å². The maximum absolute atomic E-state index is 3.59. The number of thioether (sulfide) groups is 1. The third-order valence-corrected chi connectivity index (χ3v) is 4.56. The molecule has 0 saturated carbocycles. The second-order valence-electron chi connectivity index (χ2n) is 6.25. The minimum absolute atomic E-state index is 0.382. The molecule has 1 N–H and O–H groups in total. The van der Waals surface area contributed by atoms with Gasteiger partial charge in [-0.25, -0.2) is 0 Å². The van der Waals surface area contributed by atoms with Gasteiger partial charge in [0.15, 0.2) is 0 Å². The Labute approximate surface area is 119 Å². The number of nitrogens with zero attached hydrogens (tertiary/aromatic N) is 1. The molecule has 18 heavy (non-hydrogen) atoms. The van der Waals surface area contributed by atoms with E-state index in [0.717, 1.165) is 6.54 Å². The van der Waals surface area contributed by atoms with Gasteiger partial charge in [-0.3, -0.25) is 0 Å². The zero-order valence-corrected chi connectivity index (χ0v) is 14.4. The Morgan fingerprint density at radius 3 is 2.33 bits per heavy atom. The summed E-state index contributed by atoms with van der Waals surface area (Å²) in [5.74, 6) is 1.26. The summed E-state index contributed by atoms with van der Waals surface area (Å²) in [6, 6.07) is 1.26. The van der Waals surface area contributed by atoms with Gasteiger partial charge in [-0.1, -0.05) is 27.7 Å². The average molecular weight is 275 g/mol. The summed E-state index contributed by atoms with van der Waals surface area (Å²) in [5.41, 5.74) is 0.382. The lowest BCUT2D eigenvalue weighted by molar-refractivity contribution is 0.143. The Bertz CT molecular complexity index is 209. The minimum Gasteiger partial charge on any atom is -0.314 e. The van der Waals surface area contributed by atoms with Crippen molar-refractivity contribution in [1.82, 2.24) is 10.2 Å². The van der Waals surface area contributed by atoms with Crippen molar-refractivity contribution in [2.45, 2.75) is 59.5 Å². The van der Waals surface area contributed by atoms with Crippen LogP contribution in [0, 0.1) is 5.41 Å². The standard InChI is InChI=1S/C15H34N2S/c1-8-15(5,11-16-13(2)3)12-17(6)14(4)9-10-18-7/h13-14,16H,8-12H2,1-7H3. The molecule has 3 heteroatoms. The Hall–Kier alpha value is 0.270. The maximum atomic E-state index is 3.59. The molecule has 0 aromatic heterocycles. The summed E-state index contributed by atoms with van der Waals surface area (Å²) in [5, 5.41) is 3.59. The predicted octanol–water partition coefficient (Wildman–Crippen LogP) is 3.47. The molecule has 0 heterocycles. The number of hydrogen-bond acceptors (Lipinski definition) is 3. The topological polar surface area (TPSA) is 15.3 Å². The first-order chi connectivity index (χ1) is 8.34. The Morgan fingerprint density at radius 2 is 1.89 bits per heavy atom. The predicted molar refractivity (Wildman–Crippen MR) is 86.6 cm³/mol. The highest BCUT2D eigenvalue weighted by atomic mass is 32.2. The van der Waals surface area contributed by atoms with Crippen LogP contribution in [0.25, 0.3) is 0 Å². The first-order valence-electron chi connectivity index (χ1n) is 7.27. The van der Waals surface area contributed by atoms with Crippen LogP contribution in [0.5, 0.6) is 0 Å². The molecule has 0 aliphatic rings. The van der Waals surface area contributed by atoms with E-state index in [0.29, 0.717) is 17.5 Å². The van der Waals surface area contributed by atoms with Crippen LogP contribution < -0.4 is 5.32 Å². The van der Waals surface area contributed by atoms with Crippen LogP contribution in [0.3, 0.4) is 0 Å². The summed E-state index contributed by atoms with van der Waals surface area (Å²) < 4.78 is 0. The summed E-state index contributed by atoms with van der Waals surface area (Å²) in [6.07, 6.45) is 4.71. The van der Waals surface area contributed by atoms with E-state index in [1.165, 1.54) is 25.1 Å². The lowest BCUT2D eigenvalue weighted by Gasteiger charge is -2.36. The Balaban J connectivity index is 4.23. The van der Waals surface area contributed by atoms with E-state index in [1.807, 2.05) is 11.8 Å². The highest BCUT2D eigenvalue weighted by Crippen LogP contribution is 2.23. The molecule has 0 saturated heterocycles. The molecule has 0 spiro atoms. The van der Waals surface area contributed by atoms with Gasteiger partial charge in [0.05, 0.1) is 0 Å². The van der Waals surface area contributed by atoms with Crippen LogP contribution in [0.1, 0.15) is 47.5 Å². The van der Waals surface area contributed by atoms with E-state index in [1.54, 1.807) is 0 Å². The van der Waals surface area contributed by atoms with Gasteiger partial charge in [-0.15, -0.1) is 0 Å². The zero-order chi connectivity index (χ0) is 14.2. The molecule has 0 aliphatic heterocycles. The number of rotatable bonds is 10. The van der Waals surface area contributed by atoms with Crippen molar-refractivity contribution in [3.63, 3.8) is 0 Å². The van der Waals surface area contributed by atoms with Crippen LogP contribution in [-0.4, -0.2) is 49.1 Å². The summed E-state index contributed by atoms with van der Waals surface area (Å²) in [7, 11) is 2.27. The first kappa shape index (κ1) is 18.3. The Kier molecular flexibility index (Phi) is 9.36. The van der Waals surface area contributed by atoms with Gasteiger partial charge in [-0.05, 0) is 44.2 Å². The highest BCUT2D eigenvalue weighted by molar-refractivity contribution is 7.98. The van der Waals surface area contributed by atoms with Gasteiger partial charge in [-0.2, -0.15) is 11.8 Å². The molecule has 0 bridgehead atoms. The molecule has 0 rings (SSSR count). The fourth-order valence-corrected chi connectivity index (χ4v) is 2.59. The van der Waals surface area contributed by atoms with Crippen molar-refractivity contribution in [3.05, 3.63) is 0 Å².